The molecular weight excluding hydrogens is 298 g/mol. The Bertz CT molecular complexity index is 681. The maximum atomic E-state index is 12.5. The number of sulfonamides is 1. The Morgan fingerprint density at radius 3 is 2.45 bits per heavy atom. The highest BCUT2D eigenvalue weighted by Crippen LogP contribution is 2.64. The third-order valence-corrected chi connectivity index (χ3v) is 7.37. The Morgan fingerprint density at radius 2 is 1.91 bits per heavy atom. The summed E-state index contributed by atoms with van der Waals surface area (Å²) in [7, 11) is -3.48. The van der Waals surface area contributed by atoms with Crippen LogP contribution in [-0.4, -0.2) is 20.0 Å². The molecule has 1 aromatic carbocycles. The minimum atomic E-state index is -3.48. The van der Waals surface area contributed by atoms with Crippen molar-refractivity contribution in [2.75, 3.05) is 5.75 Å². The normalized spacial score (nSPS) is 29.9. The van der Waals surface area contributed by atoms with Crippen LogP contribution in [0.15, 0.2) is 30.3 Å². The van der Waals surface area contributed by atoms with Crippen molar-refractivity contribution in [3.05, 3.63) is 35.9 Å². The van der Waals surface area contributed by atoms with Gasteiger partial charge in [0.05, 0.1) is 5.75 Å². The number of benzene rings is 1. The second-order valence-corrected chi connectivity index (χ2v) is 9.04. The van der Waals surface area contributed by atoms with Crippen LogP contribution in [0.5, 0.6) is 0 Å². The van der Waals surface area contributed by atoms with Gasteiger partial charge in [-0.15, -0.1) is 0 Å². The molecule has 0 radical (unpaired) electrons. The summed E-state index contributed by atoms with van der Waals surface area (Å²) in [6, 6.07) is 9.43. The number of Topliss-reactive ketones (excluding diaryl/α,β-unsaturated/α-hetero) is 1. The van der Waals surface area contributed by atoms with E-state index < -0.39 is 15.4 Å². The van der Waals surface area contributed by atoms with Gasteiger partial charge in [-0.25, -0.2) is 13.1 Å². The quantitative estimate of drug-likeness (QED) is 0.906. The van der Waals surface area contributed by atoms with Crippen LogP contribution in [0.1, 0.15) is 38.7 Å². The molecule has 2 atom stereocenters. The number of carbonyl (C=O) groups excluding carboxylic acids is 1. The van der Waals surface area contributed by atoms with Crippen molar-refractivity contribution in [2.24, 2.45) is 16.7 Å². The highest BCUT2D eigenvalue weighted by Gasteiger charge is 2.65. The lowest BCUT2D eigenvalue weighted by Crippen LogP contribution is -2.45. The van der Waals surface area contributed by atoms with Crippen LogP contribution in [0.4, 0.5) is 0 Å². The molecule has 2 fully saturated rings. The number of rotatable bonds is 5. The molecule has 0 saturated heterocycles. The molecule has 0 aliphatic heterocycles. The molecule has 2 bridgehead atoms. The first-order valence-corrected chi connectivity index (χ1v) is 9.47. The monoisotopic (exact) mass is 321 g/mol. The van der Waals surface area contributed by atoms with Gasteiger partial charge in [-0.1, -0.05) is 44.2 Å². The van der Waals surface area contributed by atoms with E-state index in [1.54, 1.807) is 0 Å². The Kier molecular flexibility index (Phi) is 3.68. The van der Waals surface area contributed by atoms with E-state index in [0.717, 1.165) is 12.0 Å². The number of nitrogens with one attached hydrogen (secondary N) is 1. The zero-order valence-electron chi connectivity index (χ0n) is 13.1. The molecule has 0 unspecified atom stereocenters. The van der Waals surface area contributed by atoms with Gasteiger partial charge >= 0.3 is 0 Å². The van der Waals surface area contributed by atoms with E-state index in [1.165, 1.54) is 0 Å². The van der Waals surface area contributed by atoms with Crippen molar-refractivity contribution in [3.8, 4) is 0 Å². The first-order valence-electron chi connectivity index (χ1n) is 7.81. The maximum absolute atomic E-state index is 12.5. The lowest BCUT2D eigenvalue weighted by molar-refractivity contribution is -0.128. The van der Waals surface area contributed by atoms with Crippen molar-refractivity contribution in [3.63, 3.8) is 0 Å². The van der Waals surface area contributed by atoms with Gasteiger partial charge in [0.15, 0.2) is 0 Å². The fraction of sp³-hybridized carbons (Fsp3) is 0.588. The fourth-order valence-electron chi connectivity index (χ4n) is 4.27. The van der Waals surface area contributed by atoms with Crippen LogP contribution in [0.2, 0.25) is 0 Å². The second kappa shape index (κ2) is 5.17. The summed E-state index contributed by atoms with van der Waals surface area (Å²) in [6.45, 7) is 4.39. The topological polar surface area (TPSA) is 63.2 Å². The number of hydrogen-bond acceptors (Lipinski definition) is 3. The lowest BCUT2D eigenvalue weighted by Gasteiger charge is -2.36. The van der Waals surface area contributed by atoms with Crippen molar-refractivity contribution in [1.82, 2.24) is 4.72 Å². The Hall–Kier alpha value is -1.20. The summed E-state index contributed by atoms with van der Waals surface area (Å²) in [5.74, 6) is 0.401. The summed E-state index contributed by atoms with van der Waals surface area (Å²) in [4.78, 5) is 12.4. The van der Waals surface area contributed by atoms with Crippen LogP contribution in [0.3, 0.4) is 0 Å². The highest BCUT2D eigenvalue weighted by atomic mass is 32.2. The lowest BCUT2D eigenvalue weighted by atomic mass is 9.70. The van der Waals surface area contributed by atoms with E-state index in [2.05, 4.69) is 18.6 Å². The molecule has 0 heterocycles. The molecule has 3 rings (SSSR count). The summed E-state index contributed by atoms with van der Waals surface area (Å²) >= 11 is 0. The predicted octanol–water partition coefficient (Wildman–Crippen LogP) is 2.50. The molecule has 2 aliphatic rings. The van der Waals surface area contributed by atoms with Crippen LogP contribution in [0, 0.1) is 16.7 Å². The van der Waals surface area contributed by atoms with E-state index in [1.807, 2.05) is 30.3 Å². The second-order valence-electron chi connectivity index (χ2n) is 7.23. The van der Waals surface area contributed by atoms with Crippen molar-refractivity contribution in [1.29, 1.82) is 0 Å². The zero-order valence-corrected chi connectivity index (χ0v) is 13.9. The van der Waals surface area contributed by atoms with Crippen LogP contribution in [-0.2, 0) is 21.4 Å². The standard InChI is InChI=1S/C17H23NO3S/c1-16(2)14-8-9-17(16,15(19)10-14)12-22(20,21)18-11-13-6-4-3-5-7-13/h3-7,14,18H,8-12H2,1-2H3/t14-,17-/m0/s1. The molecule has 0 aromatic heterocycles. The van der Waals surface area contributed by atoms with E-state index in [9.17, 15) is 13.2 Å². The summed E-state index contributed by atoms with van der Waals surface area (Å²) in [5.41, 5.74) is 0.0102. The number of ketones is 1. The highest BCUT2D eigenvalue weighted by molar-refractivity contribution is 7.89. The van der Waals surface area contributed by atoms with Crippen molar-refractivity contribution in [2.45, 2.75) is 39.7 Å². The van der Waals surface area contributed by atoms with Crippen LogP contribution < -0.4 is 4.72 Å². The van der Waals surface area contributed by atoms with Gasteiger partial charge in [0, 0.05) is 18.4 Å². The Balaban J connectivity index is 1.75. The predicted molar refractivity (Wildman–Crippen MR) is 85.6 cm³/mol. The third kappa shape index (κ3) is 2.40. The minimum Gasteiger partial charge on any atom is -0.299 e. The first-order chi connectivity index (χ1) is 10.3. The van der Waals surface area contributed by atoms with Crippen molar-refractivity contribution >= 4 is 15.8 Å². The molecule has 0 amide bonds. The van der Waals surface area contributed by atoms with Gasteiger partial charge in [0.2, 0.25) is 10.0 Å². The van der Waals surface area contributed by atoms with Crippen LogP contribution >= 0.6 is 0 Å². The van der Waals surface area contributed by atoms with Gasteiger partial charge in [0.25, 0.3) is 0 Å². The van der Waals surface area contributed by atoms with Gasteiger partial charge < -0.3 is 0 Å². The maximum Gasteiger partial charge on any atom is 0.212 e. The van der Waals surface area contributed by atoms with E-state index in [-0.39, 0.29) is 23.5 Å². The molecule has 1 N–H and O–H groups in total. The Labute approximate surface area is 132 Å². The number of hydrogen-bond donors (Lipinski definition) is 1. The molecule has 120 valence electrons. The SMILES string of the molecule is CC1(C)[C@H]2CC[C@]1(CS(=O)(=O)NCc1ccccc1)C(=O)C2. The molecule has 22 heavy (non-hydrogen) atoms. The minimum absolute atomic E-state index is 0.0742. The molecule has 1 aromatic rings. The molecule has 4 nitrogen and oxygen atoms in total. The smallest absolute Gasteiger partial charge is 0.212 e. The Morgan fingerprint density at radius 1 is 1.23 bits per heavy atom. The largest absolute Gasteiger partial charge is 0.299 e. The average Bonchev–Trinajstić information content (AvgIpc) is 2.80. The first kappa shape index (κ1) is 15.7. The van der Waals surface area contributed by atoms with Gasteiger partial charge in [0.1, 0.15) is 5.78 Å². The number of carbonyl (C=O) groups is 1. The van der Waals surface area contributed by atoms with Crippen molar-refractivity contribution < 1.29 is 13.2 Å². The van der Waals surface area contributed by atoms with Gasteiger partial charge in [-0.05, 0) is 29.7 Å². The van der Waals surface area contributed by atoms with Crippen LogP contribution in [0.25, 0.3) is 0 Å². The fourth-order valence-corrected chi connectivity index (χ4v) is 6.09. The van der Waals surface area contributed by atoms with E-state index in [4.69, 9.17) is 0 Å². The van der Waals surface area contributed by atoms with E-state index >= 15 is 0 Å². The molecule has 2 aliphatic carbocycles. The molecule has 2 saturated carbocycles. The summed E-state index contributed by atoms with van der Waals surface area (Å²) in [6.07, 6.45) is 2.21. The van der Waals surface area contributed by atoms with Gasteiger partial charge in [-0.2, -0.15) is 0 Å². The zero-order chi connectivity index (χ0) is 16.0. The van der Waals surface area contributed by atoms with E-state index in [0.29, 0.717) is 18.8 Å². The third-order valence-electron chi connectivity index (χ3n) is 5.91. The van der Waals surface area contributed by atoms with Gasteiger partial charge in [-0.3, -0.25) is 4.79 Å². The molecule has 0 spiro atoms. The molecule has 5 heteroatoms. The molecular formula is C17H23NO3S. The summed E-state index contributed by atoms with van der Waals surface area (Å²) in [5, 5.41) is 0. The summed E-state index contributed by atoms with van der Waals surface area (Å²) < 4.78 is 27.7. The number of fused-ring (bicyclic) bond motifs is 2. The average molecular weight is 321 g/mol.